The van der Waals surface area contributed by atoms with E-state index in [4.69, 9.17) is 4.74 Å². The zero-order valence-corrected chi connectivity index (χ0v) is 11.5. The van der Waals surface area contributed by atoms with Gasteiger partial charge in [-0.05, 0) is 36.7 Å². The molecule has 0 aliphatic heterocycles. The quantitative estimate of drug-likeness (QED) is 0.862. The first-order valence-electron chi connectivity index (χ1n) is 6.62. The number of aromatic nitrogens is 1. The van der Waals surface area contributed by atoms with Crippen molar-refractivity contribution in [1.82, 2.24) is 10.3 Å². The molecule has 3 nitrogen and oxygen atoms in total. The molecular weight excluding hydrogens is 236 g/mol. The van der Waals surface area contributed by atoms with Gasteiger partial charge in [-0.15, -0.1) is 0 Å². The van der Waals surface area contributed by atoms with Crippen molar-refractivity contribution in [3.05, 3.63) is 59.4 Å². The molecule has 0 saturated carbocycles. The van der Waals surface area contributed by atoms with E-state index in [1.165, 1.54) is 11.1 Å². The molecule has 0 unspecified atom stereocenters. The molecule has 1 aromatic heterocycles. The largest absolute Gasteiger partial charge is 0.488 e. The average Bonchev–Trinajstić information content (AvgIpc) is 2.45. The fourth-order valence-corrected chi connectivity index (χ4v) is 1.95. The Balaban J connectivity index is 2.10. The van der Waals surface area contributed by atoms with Crippen molar-refractivity contribution in [3.63, 3.8) is 0 Å². The maximum Gasteiger partial charge on any atom is 0.127 e. The van der Waals surface area contributed by atoms with Crippen molar-refractivity contribution in [2.75, 3.05) is 6.54 Å². The summed E-state index contributed by atoms with van der Waals surface area (Å²) in [4.78, 5) is 4.01. The van der Waals surface area contributed by atoms with E-state index in [0.29, 0.717) is 6.61 Å². The second kappa shape index (κ2) is 6.90. The third kappa shape index (κ3) is 3.80. The lowest BCUT2D eigenvalue weighted by Gasteiger charge is -2.14. The van der Waals surface area contributed by atoms with Gasteiger partial charge in [0.25, 0.3) is 0 Å². The van der Waals surface area contributed by atoms with E-state index >= 15 is 0 Å². The predicted octanol–water partition coefficient (Wildman–Crippen LogP) is 3.08. The molecule has 0 saturated heterocycles. The van der Waals surface area contributed by atoms with Crippen LogP contribution in [0.2, 0.25) is 0 Å². The molecule has 2 aromatic rings. The minimum absolute atomic E-state index is 0.576. The first-order chi connectivity index (χ1) is 9.31. The lowest BCUT2D eigenvalue weighted by Crippen LogP contribution is -2.13. The van der Waals surface area contributed by atoms with Gasteiger partial charge in [0.1, 0.15) is 12.4 Å². The van der Waals surface area contributed by atoms with Crippen LogP contribution in [0.3, 0.4) is 0 Å². The summed E-state index contributed by atoms with van der Waals surface area (Å²) in [6.07, 6.45) is 3.58. The summed E-state index contributed by atoms with van der Waals surface area (Å²) < 4.78 is 5.98. The molecule has 19 heavy (non-hydrogen) atoms. The smallest absolute Gasteiger partial charge is 0.127 e. The number of ether oxygens (including phenoxy) is 1. The van der Waals surface area contributed by atoms with Crippen LogP contribution in [0.1, 0.15) is 23.6 Å². The molecule has 0 aliphatic carbocycles. The number of pyridine rings is 1. The van der Waals surface area contributed by atoms with Crippen molar-refractivity contribution in [2.45, 2.75) is 27.0 Å². The number of rotatable bonds is 6. The van der Waals surface area contributed by atoms with E-state index in [0.717, 1.165) is 24.4 Å². The van der Waals surface area contributed by atoms with Gasteiger partial charge in [0, 0.05) is 24.5 Å². The van der Waals surface area contributed by atoms with Crippen LogP contribution in [-0.2, 0) is 13.2 Å². The van der Waals surface area contributed by atoms with E-state index in [1.54, 1.807) is 12.4 Å². The Bertz CT molecular complexity index is 511. The Hall–Kier alpha value is -1.87. The van der Waals surface area contributed by atoms with Crippen LogP contribution >= 0.6 is 0 Å². The molecule has 0 amide bonds. The summed E-state index contributed by atoms with van der Waals surface area (Å²) in [6.45, 7) is 6.55. The Morgan fingerprint density at radius 3 is 2.68 bits per heavy atom. The van der Waals surface area contributed by atoms with Gasteiger partial charge >= 0.3 is 0 Å². The zero-order valence-electron chi connectivity index (χ0n) is 11.5. The third-order valence-corrected chi connectivity index (χ3v) is 2.99. The molecule has 100 valence electrons. The monoisotopic (exact) mass is 256 g/mol. The van der Waals surface area contributed by atoms with Crippen molar-refractivity contribution in [1.29, 1.82) is 0 Å². The Morgan fingerprint density at radius 2 is 1.95 bits per heavy atom. The van der Waals surface area contributed by atoms with Gasteiger partial charge in [-0.3, -0.25) is 4.98 Å². The van der Waals surface area contributed by atoms with E-state index in [1.807, 2.05) is 12.1 Å². The van der Waals surface area contributed by atoms with Crippen molar-refractivity contribution in [2.24, 2.45) is 0 Å². The van der Waals surface area contributed by atoms with Crippen LogP contribution in [0.15, 0.2) is 42.7 Å². The summed E-state index contributed by atoms with van der Waals surface area (Å²) in [5, 5.41) is 3.34. The van der Waals surface area contributed by atoms with Crippen molar-refractivity contribution in [3.8, 4) is 5.75 Å². The maximum absolute atomic E-state index is 5.98. The lowest BCUT2D eigenvalue weighted by molar-refractivity contribution is 0.300. The van der Waals surface area contributed by atoms with E-state index in [2.05, 4.69) is 42.3 Å². The van der Waals surface area contributed by atoms with Gasteiger partial charge in [-0.25, -0.2) is 0 Å². The number of hydrogen-bond donors (Lipinski definition) is 1. The number of nitrogens with zero attached hydrogens (tertiary/aromatic N) is 1. The fraction of sp³-hybridized carbons (Fsp3) is 0.312. The first-order valence-corrected chi connectivity index (χ1v) is 6.62. The minimum atomic E-state index is 0.576. The second-order valence-corrected chi connectivity index (χ2v) is 4.49. The number of hydrogen-bond acceptors (Lipinski definition) is 3. The lowest BCUT2D eigenvalue weighted by atomic mass is 10.1. The van der Waals surface area contributed by atoms with Crippen molar-refractivity contribution < 1.29 is 4.74 Å². The van der Waals surface area contributed by atoms with Crippen LogP contribution in [0.5, 0.6) is 5.75 Å². The number of para-hydroxylation sites is 1. The molecule has 1 aromatic carbocycles. The van der Waals surface area contributed by atoms with Crippen molar-refractivity contribution >= 4 is 0 Å². The van der Waals surface area contributed by atoms with Crippen LogP contribution in [0.4, 0.5) is 0 Å². The van der Waals surface area contributed by atoms with E-state index in [9.17, 15) is 0 Å². The van der Waals surface area contributed by atoms with Crippen LogP contribution in [-0.4, -0.2) is 11.5 Å². The summed E-state index contributed by atoms with van der Waals surface area (Å²) >= 11 is 0. The molecule has 0 bridgehead atoms. The molecule has 0 atom stereocenters. The SMILES string of the molecule is CCNCc1cccc(C)c1OCc1ccncc1. The normalized spacial score (nSPS) is 10.4. The second-order valence-electron chi connectivity index (χ2n) is 4.49. The molecular formula is C16H20N2O. The van der Waals surface area contributed by atoms with Crippen LogP contribution < -0.4 is 10.1 Å². The maximum atomic E-state index is 5.98. The highest BCUT2D eigenvalue weighted by Crippen LogP contribution is 2.24. The van der Waals surface area contributed by atoms with Gasteiger partial charge in [0.15, 0.2) is 0 Å². The van der Waals surface area contributed by atoms with Crippen LogP contribution in [0.25, 0.3) is 0 Å². The van der Waals surface area contributed by atoms with E-state index < -0.39 is 0 Å². The number of benzene rings is 1. The number of aryl methyl sites for hydroxylation is 1. The standard InChI is InChI=1S/C16H20N2O/c1-3-17-11-15-6-4-5-13(2)16(15)19-12-14-7-9-18-10-8-14/h4-10,17H,3,11-12H2,1-2H3. The predicted molar refractivity (Wildman–Crippen MR) is 77.1 cm³/mol. The highest BCUT2D eigenvalue weighted by atomic mass is 16.5. The molecule has 0 aliphatic rings. The van der Waals surface area contributed by atoms with Gasteiger partial charge in [-0.2, -0.15) is 0 Å². The summed E-state index contributed by atoms with van der Waals surface area (Å²) in [5.41, 5.74) is 3.51. The fourth-order valence-electron chi connectivity index (χ4n) is 1.95. The third-order valence-electron chi connectivity index (χ3n) is 2.99. The Kier molecular flexibility index (Phi) is 4.93. The topological polar surface area (TPSA) is 34.1 Å². The zero-order chi connectivity index (χ0) is 13.5. The highest BCUT2D eigenvalue weighted by molar-refractivity contribution is 5.40. The summed E-state index contributed by atoms with van der Waals surface area (Å²) in [6, 6.07) is 10.2. The molecule has 1 N–H and O–H groups in total. The summed E-state index contributed by atoms with van der Waals surface area (Å²) in [5.74, 6) is 0.986. The average molecular weight is 256 g/mol. The molecule has 2 rings (SSSR count). The molecule has 0 fully saturated rings. The molecule has 1 heterocycles. The molecule has 0 radical (unpaired) electrons. The van der Waals surface area contributed by atoms with E-state index in [-0.39, 0.29) is 0 Å². The van der Waals surface area contributed by atoms with Gasteiger partial charge in [0.05, 0.1) is 0 Å². The Labute approximate surface area is 114 Å². The highest BCUT2D eigenvalue weighted by Gasteiger charge is 2.06. The van der Waals surface area contributed by atoms with Gasteiger partial charge in [0.2, 0.25) is 0 Å². The molecule has 0 spiro atoms. The number of nitrogens with one attached hydrogen (secondary N) is 1. The van der Waals surface area contributed by atoms with Gasteiger partial charge in [-0.1, -0.05) is 25.1 Å². The van der Waals surface area contributed by atoms with Gasteiger partial charge < -0.3 is 10.1 Å². The van der Waals surface area contributed by atoms with Crippen LogP contribution in [0, 0.1) is 6.92 Å². The Morgan fingerprint density at radius 1 is 1.16 bits per heavy atom. The summed E-state index contributed by atoms with van der Waals surface area (Å²) in [7, 11) is 0. The molecule has 3 heteroatoms. The minimum Gasteiger partial charge on any atom is -0.488 e. The first kappa shape index (κ1) is 13.6.